The average Bonchev–Trinajstić information content (AvgIpc) is 3.15. The first-order chi connectivity index (χ1) is 14.0. The predicted octanol–water partition coefficient (Wildman–Crippen LogP) is 4.47. The van der Waals surface area contributed by atoms with E-state index in [1.807, 2.05) is 17.5 Å². The van der Waals surface area contributed by atoms with Gasteiger partial charge in [-0.2, -0.15) is 0 Å². The molecule has 0 spiro atoms. The second-order valence-corrected chi connectivity index (χ2v) is 8.23. The Morgan fingerprint density at radius 3 is 2.62 bits per heavy atom. The first kappa shape index (κ1) is 19.8. The zero-order valence-electron chi connectivity index (χ0n) is 15.1. The molecule has 8 heteroatoms. The van der Waals surface area contributed by atoms with Gasteiger partial charge in [0, 0.05) is 15.4 Å². The lowest BCUT2D eigenvalue weighted by Gasteiger charge is -2.14. The Labute approximate surface area is 178 Å². The summed E-state index contributed by atoms with van der Waals surface area (Å²) in [6.45, 7) is 0.0948. The van der Waals surface area contributed by atoms with Gasteiger partial charge in [-0.3, -0.25) is 9.36 Å². The Morgan fingerprint density at radius 2 is 1.90 bits per heavy atom. The molecular weight excluding hydrogens is 459 g/mol. The third-order valence-electron chi connectivity index (χ3n) is 4.38. The molecule has 0 fully saturated rings. The number of thiophene rings is 1. The summed E-state index contributed by atoms with van der Waals surface area (Å²) in [5.74, 6) is 0.294. The predicted molar refractivity (Wildman–Crippen MR) is 115 cm³/mol. The van der Waals surface area contributed by atoms with Crippen LogP contribution in [0.5, 0.6) is 5.75 Å². The summed E-state index contributed by atoms with van der Waals surface area (Å²) < 4.78 is 21.1. The van der Waals surface area contributed by atoms with E-state index in [-0.39, 0.29) is 24.5 Å². The van der Waals surface area contributed by atoms with Crippen LogP contribution in [0, 0.1) is 5.82 Å². The Bertz CT molecular complexity index is 1190. The molecule has 29 heavy (non-hydrogen) atoms. The van der Waals surface area contributed by atoms with Crippen molar-refractivity contribution < 1.29 is 14.2 Å². The van der Waals surface area contributed by atoms with Gasteiger partial charge in [-0.05, 0) is 42.0 Å². The van der Waals surface area contributed by atoms with Crippen LogP contribution in [0.15, 0.2) is 69.5 Å². The zero-order valence-corrected chi connectivity index (χ0v) is 17.5. The Morgan fingerprint density at radius 1 is 1.17 bits per heavy atom. The lowest BCUT2D eigenvalue weighted by molar-refractivity contribution is 0.0915. The van der Waals surface area contributed by atoms with Crippen molar-refractivity contribution in [2.24, 2.45) is 0 Å². The number of aromatic nitrogens is 2. The molecule has 2 aromatic carbocycles. The first-order valence-electron chi connectivity index (χ1n) is 8.80. The second kappa shape index (κ2) is 8.44. The highest BCUT2D eigenvalue weighted by Crippen LogP contribution is 2.30. The summed E-state index contributed by atoms with van der Waals surface area (Å²) in [7, 11) is 0. The third-order valence-corrected chi connectivity index (χ3v) is 5.79. The zero-order chi connectivity index (χ0) is 20.4. The van der Waals surface area contributed by atoms with Crippen molar-refractivity contribution in [2.45, 2.75) is 12.6 Å². The van der Waals surface area contributed by atoms with Crippen LogP contribution in [0.25, 0.3) is 21.3 Å². The van der Waals surface area contributed by atoms with E-state index in [1.54, 1.807) is 24.3 Å². The van der Waals surface area contributed by atoms with E-state index in [1.165, 1.54) is 34.4 Å². The molecule has 1 atom stereocenters. The fraction of sp³-hybridized carbons (Fsp3) is 0.143. The van der Waals surface area contributed by atoms with Crippen molar-refractivity contribution >= 4 is 37.5 Å². The number of aliphatic hydroxyl groups is 1. The Kier molecular flexibility index (Phi) is 5.75. The molecule has 4 rings (SSSR count). The highest BCUT2D eigenvalue weighted by atomic mass is 79.9. The number of aliphatic hydroxyl groups excluding tert-OH is 1. The van der Waals surface area contributed by atoms with Gasteiger partial charge >= 0.3 is 0 Å². The SMILES string of the molecule is O=c1c2c(-c3ccc(F)cc3)csc2ncn1C[C@@H](O)COc1ccc(Br)cc1. The minimum atomic E-state index is -0.886. The number of rotatable bonds is 6. The molecule has 0 aliphatic carbocycles. The van der Waals surface area contributed by atoms with Gasteiger partial charge in [0.2, 0.25) is 0 Å². The molecule has 0 amide bonds. The minimum Gasteiger partial charge on any atom is -0.491 e. The summed E-state index contributed by atoms with van der Waals surface area (Å²) in [6.07, 6.45) is 0.543. The fourth-order valence-corrected chi connectivity index (χ4v) is 4.11. The highest BCUT2D eigenvalue weighted by molar-refractivity contribution is 9.10. The lowest BCUT2D eigenvalue weighted by Crippen LogP contribution is -2.30. The van der Waals surface area contributed by atoms with Crippen molar-refractivity contribution in [2.75, 3.05) is 6.61 Å². The van der Waals surface area contributed by atoms with Crippen LogP contribution in [-0.4, -0.2) is 27.4 Å². The van der Waals surface area contributed by atoms with Gasteiger partial charge in [-0.15, -0.1) is 11.3 Å². The molecule has 1 N–H and O–H groups in total. The molecule has 0 saturated carbocycles. The van der Waals surface area contributed by atoms with Gasteiger partial charge in [0.1, 0.15) is 29.1 Å². The quantitative estimate of drug-likeness (QED) is 0.447. The molecule has 5 nitrogen and oxygen atoms in total. The van der Waals surface area contributed by atoms with Crippen molar-refractivity contribution in [3.05, 3.63) is 80.9 Å². The van der Waals surface area contributed by atoms with E-state index in [0.29, 0.717) is 21.5 Å². The maximum absolute atomic E-state index is 13.2. The molecule has 0 unspecified atom stereocenters. The molecule has 0 saturated heterocycles. The summed E-state index contributed by atoms with van der Waals surface area (Å²) in [6, 6.07) is 13.2. The van der Waals surface area contributed by atoms with E-state index >= 15 is 0 Å². The van der Waals surface area contributed by atoms with E-state index in [9.17, 15) is 14.3 Å². The molecule has 2 heterocycles. The Hall–Kier alpha value is -2.55. The third kappa shape index (κ3) is 4.39. The van der Waals surface area contributed by atoms with Gasteiger partial charge in [-0.1, -0.05) is 28.1 Å². The standard InChI is InChI=1S/C21H16BrFN2O3S/c22-14-3-7-17(8-4-14)28-10-16(26)9-25-12-24-20-19(21(25)27)18(11-29-20)13-1-5-15(23)6-2-13/h1-8,11-12,16,26H,9-10H2/t16-/m1/s1. The molecule has 0 radical (unpaired) electrons. The van der Waals surface area contributed by atoms with E-state index < -0.39 is 6.10 Å². The van der Waals surface area contributed by atoms with Crippen LogP contribution in [0.2, 0.25) is 0 Å². The van der Waals surface area contributed by atoms with Gasteiger partial charge in [-0.25, -0.2) is 9.37 Å². The van der Waals surface area contributed by atoms with E-state index in [2.05, 4.69) is 20.9 Å². The fourth-order valence-electron chi connectivity index (χ4n) is 2.94. The van der Waals surface area contributed by atoms with Crippen molar-refractivity contribution in [1.82, 2.24) is 9.55 Å². The Balaban J connectivity index is 1.55. The molecular formula is C21H16BrFN2O3S. The van der Waals surface area contributed by atoms with Crippen LogP contribution >= 0.6 is 27.3 Å². The minimum absolute atomic E-state index is 0.0422. The van der Waals surface area contributed by atoms with E-state index in [0.717, 1.165) is 10.0 Å². The van der Waals surface area contributed by atoms with Crippen molar-refractivity contribution in [1.29, 1.82) is 0 Å². The van der Waals surface area contributed by atoms with Gasteiger partial charge in [0.15, 0.2) is 0 Å². The second-order valence-electron chi connectivity index (χ2n) is 6.46. The van der Waals surface area contributed by atoms with Gasteiger partial charge < -0.3 is 9.84 Å². The number of hydrogen-bond donors (Lipinski definition) is 1. The average molecular weight is 475 g/mol. The molecule has 4 aromatic rings. The normalized spacial score (nSPS) is 12.2. The largest absolute Gasteiger partial charge is 0.491 e. The van der Waals surface area contributed by atoms with Crippen molar-refractivity contribution in [3.8, 4) is 16.9 Å². The molecule has 148 valence electrons. The number of ether oxygens (including phenoxy) is 1. The van der Waals surface area contributed by atoms with Crippen LogP contribution in [0.4, 0.5) is 4.39 Å². The maximum atomic E-state index is 13.2. The van der Waals surface area contributed by atoms with E-state index in [4.69, 9.17) is 4.74 Å². The summed E-state index contributed by atoms with van der Waals surface area (Å²) in [5.41, 5.74) is 1.20. The van der Waals surface area contributed by atoms with Gasteiger partial charge in [0.05, 0.1) is 18.3 Å². The molecule has 0 aliphatic heterocycles. The number of halogens is 2. The topological polar surface area (TPSA) is 64.4 Å². The van der Waals surface area contributed by atoms with Crippen molar-refractivity contribution in [3.63, 3.8) is 0 Å². The van der Waals surface area contributed by atoms with Crippen LogP contribution in [-0.2, 0) is 6.54 Å². The number of fused-ring (bicyclic) bond motifs is 1. The van der Waals surface area contributed by atoms with Crippen LogP contribution < -0.4 is 10.3 Å². The number of benzene rings is 2. The molecule has 0 aliphatic rings. The monoisotopic (exact) mass is 474 g/mol. The smallest absolute Gasteiger partial charge is 0.262 e. The highest BCUT2D eigenvalue weighted by Gasteiger charge is 2.15. The molecule has 0 bridgehead atoms. The maximum Gasteiger partial charge on any atom is 0.262 e. The molecule has 2 aromatic heterocycles. The van der Waals surface area contributed by atoms with Crippen LogP contribution in [0.3, 0.4) is 0 Å². The summed E-state index contributed by atoms with van der Waals surface area (Å²) in [5, 5.41) is 12.6. The number of hydrogen-bond acceptors (Lipinski definition) is 5. The van der Waals surface area contributed by atoms with Crippen LogP contribution in [0.1, 0.15) is 0 Å². The summed E-state index contributed by atoms with van der Waals surface area (Å²) >= 11 is 4.71. The first-order valence-corrected chi connectivity index (χ1v) is 10.5. The lowest BCUT2D eigenvalue weighted by atomic mass is 10.1. The van der Waals surface area contributed by atoms with Gasteiger partial charge in [0.25, 0.3) is 5.56 Å². The number of nitrogens with zero attached hydrogens (tertiary/aromatic N) is 2. The summed E-state index contributed by atoms with van der Waals surface area (Å²) in [4.78, 5) is 17.9.